The van der Waals surface area contributed by atoms with Gasteiger partial charge in [-0.05, 0) is 37.0 Å². The van der Waals surface area contributed by atoms with Gasteiger partial charge in [-0.15, -0.1) is 0 Å². The van der Waals surface area contributed by atoms with Crippen LogP contribution in [0.3, 0.4) is 0 Å². The topological polar surface area (TPSA) is 40.5 Å². The van der Waals surface area contributed by atoms with Crippen LogP contribution in [0.15, 0.2) is 18.2 Å². The number of piperidine rings is 1. The van der Waals surface area contributed by atoms with Crippen LogP contribution >= 0.6 is 11.6 Å². The second-order valence-corrected chi connectivity index (χ2v) is 5.40. The minimum absolute atomic E-state index is 0.0638. The highest BCUT2D eigenvalue weighted by Gasteiger charge is 2.32. The van der Waals surface area contributed by atoms with Crippen molar-refractivity contribution in [2.75, 3.05) is 13.2 Å². The summed E-state index contributed by atoms with van der Waals surface area (Å²) >= 11 is 5.92. The Kier molecular flexibility index (Phi) is 4.42. The fourth-order valence-electron chi connectivity index (χ4n) is 2.60. The molecule has 1 aliphatic heterocycles. The Labute approximate surface area is 117 Å². The predicted octanol–water partition coefficient (Wildman–Crippen LogP) is 2.71. The Hall–Kier alpha value is -1.13. The Morgan fingerprint density at radius 3 is 2.95 bits per heavy atom. The summed E-state index contributed by atoms with van der Waals surface area (Å²) in [4.78, 5) is 14.1. The summed E-state index contributed by atoms with van der Waals surface area (Å²) in [6.45, 7) is 2.56. The van der Waals surface area contributed by atoms with E-state index in [-0.39, 0.29) is 35.1 Å². The highest BCUT2D eigenvalue weighted by atomic mass is 35.5. The molecule has 0 bridgehead atoms. The fourth-order valence-corrected chi connectivity index (χ4v) is 2.85. The van der Waals surface area contributed by atoms with E-state index < -0.39 is 5.82 Å². The van der Waals surface area contributed by atoms with Crippen molar-refractivity contribution < 1.29 is 14.3 Å². The van der Waals surface area contributed by atoms with E-state index in [2.05, 4.69) is 0 Å². The highest BCUT2D eigenvalue weighted by Crippen LogP contribution is 2.27. The number of halogens is 2. The molecule has 5 heteroatoms. The molecule has 19 heavy (non-hydrogen) atoms. The maximum atomic E-state index is 13.0. The van der Waals surface area contributed by atoms with Crippen molar-refractivity contribution in [3.8, 4) is 0 Å². The molecule has 1 aliphatic rings. The number of aliphatic hydroxyl groups excluding tert-OH is 1. The van der Waals surface area contributed by atoms with Crippen LogP contribution < -0.4 is 0 Å². The van der Waals surface area contributed by atoms with Crippen molar-refractivity contribution in [3.05, 3.63) is 34.6 Å². The van der Waals surface area contributed by atoms with E-state index in [1.54, 1.807) is 4.90 Å². The third-order valence-electron chi connectivity index (χ3n) is 3.73. The summed E-state index contributed by atoms with van der Waals surface area (Å²) in [5.74, 6) is -0.454. The second kappa shape index (κ2) is 5.88. The third-order valence-corrected chi connectivity index (χ3v) is 4.04. The zero-order chi connectivity index (χ0) is 14.0. The van der Waals surface area contributed by atoms with Gasteiger partial charge in [0.1, 0.15) is 5.82 Å². The summed E-state index contributed by atoms with van der Waals surface area (Å²) in [7, 11) is 0. The van der Waals surface area contributed by atoms with E-state index in [4.69, 9.17) is 11.6 Å². The van der Waals surface area contributed by atoms with Crippen molar-refractivity contribution >= 4 is 17.5 Å². The number of carbonyl (C=O) groups is 1. The normalized spacial score (nSPS) is 23.5. The lowest BCUT2D eigenvalue weighted by atomic mass is 9.90. The zero-order valence-electron chi connectivity index (χ0n) is 10.8. The molecular weight excluding hydrogens is 269 g/mol. The van der Waals surface area contributed by atoms with Crippen LogP contribution in [0.25, 0.3) is 0 Å². The standard InChI is InChI=1S/C14H17ClFNO2/c1-9-3-2-6-17(13(9)8-18)14(19)11-5-4-10(16)7-12(11)15/h4-5,7,9,13,18H,2-3,6,8H2,1H3/t9-,13-/m1/s1. The van der Waals surface area contributed by atoms with E-state index in [0.717, 1.165) is 18.9 Å². The van der Waals surface area contributed by atoms with E-state index >= 15 is 0 Å². The Balaban J connectivity index is 2.27. The van der Waals surface area contributed by atoms with Gasteiger partial charge in [-0.25, -0.2) is 4.39 Å². The number of amides is 1. The molecule has 104 valence electrons. The van der Waals surface area contributed by atoms with Gasteiger partial charge in [-0.1, -0.05) is 18.5 Å². The molecule has 1 fully saturated rings. The summed E-state index contributed by atoms with van der Waals surface area (Å²) in [5, 5.41) is 9.57. The second-order valence-electron chi connectivity index (χ2n) is 4.99. The van der Waals surface area contributed by atoms with E-state index in [9.17, 15) is 14.3 Å². The molecule has 1 amide bonds. The smallest absolute Gasteiger partial charge is 0.255 e. The van der Waals surface area contributed by atoms with Gasteiger partial charge < -0.3 is 10.0 Å². The van der Waals surface area contributed by atoms with Crippen molar-refractivity contribution in [1.29, 1.82) is 0 Å². The predicted molar refractivity (Wildman–Crippen MR) is 71.7 cm³/mol. The Morgan fingerprint density at radius 2 is 2.32 bits per heavy atom. The molecule has 1 saturated heterocycles. The fraction of sp³-hybridized carbons (Fsp3) is 0.500. The summed E-state index contributed by atoms with van der Waals surface area (Å²) in [6.07, 6.45) is 1.90. The zero-order valence-corrected chi connectivity index (χ0v) is 11.5. The molecule has 0 radical (unpaired) electrons. The molecule has 1 N–H and O–H groups in total. The first-order valence-electron chi connectivity index (χ1n) is 6.41. The number of benzene rings is 1. The monoisotopic (exact) mass is 285 g/mol. The largest absolute Gasteiger partial charge is 0.394 e. The van der Waals surface area contributed by atoms with Crippen LogP contribution in [0.5, 0.6) is 0 Å². The van der Waals surface area contributed by atoms with Crippen LogP contribution in [0, 0.1) is 11.7 Å². The van der Waals surface area contributed by atoms with Gasteiger partial charge in [0.25, 0.3) is 5.91 Å². The van der Waals surface area contributed by atoms with Crippen LogP contribution in [-0.4, -0.2) is 35.1 Å². The number of carbonyl (C=O) groups excluding carboxylic acids is 1. The minimum Gasteiger partial charge on any atom is -0.394 e. The van der Waals surface area contributed by atoms with Gasteiger partial charge in [0.05, 0.1) is 23.2 Å². The van der Waals surface area contributed by atoms with Gasteiger partial charge >= 0.3 is 0 Å². The number of likely N-dealkylation sites (tertiary alicyclic amines) is 1. The molecular formula is C14H17ClFNO2. The Morgan fingerprint density at radius 1 is 1.58 bits per heavy atom. The lowest BCUT2D eigenvalue weighted by molar-refractivity contribution is 0.0358. The minimum atomic E-state index is -0.465. The molecule has 0 spiro atoms. The molecule has 1 heterocycles. The SMILES string of the molecule is C[C@@H]1CCCN(C(=O)c2ccc(F)cc2Cl)[C@@H]1CO. The first-order valence-corrected chi connectivity index (χ1v) is 6.79. The lowest BCUT2D eigenvalue weighted by Gasteiger charge is -2.39. The van der Waals surface area contributed by atoms with Crippen LogP contribution in [-0.2, 0) is 0 Å². The van der Waals surface area contributed by atoms with E-state index in [0.29, 0.717) is 6.54 Å². The van der Waals surface area contributed by atoms with Crippen molar-refractivity contribution in [3.63, 3.8) is 0 Å². The van der Waals surface area contributed by atoms with Crippen molar-refractivity contribution in [1.82, 2.24) is 4.90 Å². The number of nitrogens with zero attached hydrogens (tertiary/aromatic N) is 1. The van der Waals surface area contributed by atoms with Gasteiger partial charge in [0, 0.05) is 6.54 Å². The van der Waals surface area contributed by atoms with E-state index in [1.165, 1.54) is 12.1 Å². The van der Waals surface area contributed by atoms with Gasteiger partial charge in [0.15, 0.2) is 0 Å². The van der Waals surface area contributed by atoms with Crippen molar-refractivity contribution in [2.24, 2.45) is 5.92 Å². The number of hydrogen-bond acceptors (Lipinski definition) is 2. The molecule has 3 nitrogen and oxygen atoms in total. The first kappa shape index (κ1) is 14.3. The number of aliphatic hydroxyl groups is 1. The lowest BCUT2D eigenvalue weighted by Crippen LogP contribution is -2.49. The Bertz CT molecular complexity index is 481. The molecule has 2 rings (SSSR count). The van der Waals surface area contributed by atoms with Gasteiger partial charge in [0.2, 0.25) is 0 Å². The van der Waals surface area contributed by atoms with Gasteiger partial charge in [-0.2, -0.15) is 0 Å². The molecule has 0 unspecified atom stereocenters. The molecule has 1 aromatic carbocycles. The summed E-state index contributed by atoms with van der Waals surface area (Å²) < 4.78 is 13.0. The molecule has 0 aromatic heterocycles. The van der Waals surface area contributed by atoms with Crippen molar-refractivity contribution in [2.45, 2.75) is 25.8 Å². The molecule has 0 saturated carbocycles. The molecule has 1 aromatic rings. The van der Waals surface area contributed by atoms with Crippen LogP contribution in [0.1, 0.15) is 30.1 Å². The third kappa shape index (κ3) is 2.90. The first-order chi connectivity index (χ1) is 9.04. The van der Waals surface area contributed by atoms with Crippen LogP contribution in [0.2, 0.25) is 5.02 Å². The molecule has 2 atom stereocenters. The maximum absolute atomic E-state index is 13.0. The maximum Gasteiger partial charge on any atom is 0.255 e. The summed E-state index contributed by atoms with van der Waals surface area (Å²) in [6, 6.07) is 3.56. The quantitative estimate of drug-likeness (QED) is 0.908. The number of rotatable bonds is 2. The highest BCUT2D eigenvalue weighted by molar-refractivity contribution is 6.33. The average molecular weight is 286 g/mol. The molecule has 0 aliphatic carbocycles. The van der Waals surface area contributed by atoms with Crippen LogP contribution in [0.4, 0.5) is 4.39 Å². The summed E-state index contributed by atoms with van der Waals surface area (Å²) in [5.41, 5.74) is 0.288. The van der Waals surface area contributed by atoms with Gasteiger partial charge in [-0.3, -0.25) is 4.79 Å². The number of hydrogen-bond donors (Lipinski definition) is 1. The average Bonchev–Trinajstić information content (AvgIpc) is 2.37. The van der Waals surface area contributed by atoms with E-state index in [1.807, 2.05) is 6.92 Å².